The smallest absolute Gasteiger partial charge is 0.0623 e. The first-order valence-corrected chi connectivity index (χ1v) is 4.32. The van der Waals surface area contributed by atoms with Crippen LogP contribution < -0.4 is 5.01 Å². The van der Waals surface area contributed by atoms with Gasteiger partial charge >= 0.3 is 0 Å². The molecule has 1 rings (SSSR count). The second-order valence-electron chi connectivity index (χ2n) is 3.35. The van der Waals surface area contributed by atoms with E-state index in [1.54, 1.807) is 7.05 Å². The van der Waals surface area contributed by atoms with E-state index >= 15 is 0 Å². The SMILES string of the molecule is CC(C)c1ccc(N(C)N=O)cc1. The van der Waals surface area contributed by atoms with Gasteiger partial charge in [-0.15, -0.1) is 4.91 Å². The number of benzene rings is 1. The van der Waals surface area contributed by atoms with Gasteiger partial charge in [-0.05, 0) is 23.6 Å². The molecule has 0 bridgehead atoms. The highest BCUT2D eigenvalue weighted by atomic mass is 16.3. The quantitative estimate of drug-likeness (QED) is 0.526. The van der Waals surface area contributed by atoms with Crippen LogP contribution in [0.2, 0.25) is 0 Å². The molecule has 3 heteroatoms. The van der Waals surface area contributed by atoms with Gasteiger partial charge in [-0.2, -0.15) is 0 Å². The van der Waals surface area contributed by atoms with Crippen LogP contribution in [0.1, 0.15) is 25.3 Å². The Hall–Kier alpha value is -1.38. The lowest BCUT2D eigenvalue weighted by Gasteiger charge is -2.10. The molecule has 70 valence electrons. The van der Waals surface area contributed by atoms with Gasteiger partial charge in [0.25, 0.3) is 0 Å². The van der Waals surface area contributed by atoms with E-state index in [1.165, 1.54) is 10.6 Å². The lowest BCUT2D eigenvalue weighted by atomic mass is 10.0. The number of nitroso groups, excluding NO2 is 1. The topological polar surface area (TPSA) is 32.7 Å². The van der Waals surface area contributed by atoms with Gasteiger partial charge in [0.05, 0.1) is 11.0 Å². The predicted molar refractivity (Wildman–Crippen MR) is 54.7 cm³/mol. The first-order valence-electron chi connectivity index (χ1n) is 4.32. The van der Waals surface area contributed by atoms with Crippen LogP contribution in [0.25, 0.3) is 0 Å². The summed E-state index contributed by atoms with van der Waals surface area (Å²) in [7, 11) is 1.64. The Morgan fingerprint density at radius 2 is 1.77 bits per heavy atom. The molecule has 0 saturated carbocycles. The van der Waals surface area contributed by atoms with Crippen molar-refractivity contribution in [3.05, 3.63) is 34.7 Å². The molecule has 3 nitrogen and oxygen atoms in total. The largest absolute Gasteiger partial charge is 0.232 e. The summed E-state index contributed by atoms with van der Waals surface area (Å²) < 4.78 is 0. The third-order valence-electron chi connectivity index (χ3n) is 2.06. The lowest BCUT2D eigenvalue weighted by molar-refractivity contribution is 0.865. The number of rotatable bonds is 3. The van der Waals surface area contributed by atoms with Crippen molar-refractivity contribution >= 4 is 5.69 Å². The molecule has 0 N–H and O–H groups in total. The molecule has 0 unspecified atom stereocenters. The van der Waals surface area contributed by atoms with Gasteiger partial charge in [0.15, 0.2) is 0 Å². The number of hydrogen-bond donors (Lipinski definition) is 0. The Labute approximate surface area is 78.3 Å². The van der Waals surface area contributed by atoms with Crippen molar-refractivity contribution in [2.45, 2.75) is 19.8 Å². The van der Waals surface area contributed by atoms with E-state index in [1.807, 2.05) is 24.3 Å². The van der Waals surface area contributed by atoms with Crippen molar-refractivity contribution in [2.75, 3.05) is 12.1 Å². The Balaban J connectivity index is 2.87. The molecule has 0 radical (unpaired) electrons. The maximum Gasteiger partial charge on any atom is 0.0623 e. The third-order valence-corrected chi connectivity index (χ3v) is 2.06. The van der Waals surface area contributed by atoms with Crippen molar-refractivity contribution in [3.63, 3.8) is 0 Å². The molecule has 0 aromatic heterocycles. The van der Waals surface area contributed by atoms with Gasteiger partial charge in [0, 0.05) is 7.05 Å². The van der Waals surface area contributed by atoms with Gasteiger partial charge in [-0.3, -0.25) is 0 Å². The summed E-state index contributed by atoms with van der Waals surface area (Å²) in [6.45, 7) is 4.27. The minimum atomic E-state index is 0.517. The third kappa shape index (κ3) is 2.28. The summed E-state index contributed by atoms with van der Waals surface area (Å²) in [4.78, 5) is 10.2. The highest BCUT2D eigenvalue weighted by Crippen LogP contribution is 2.19. The van der Waals surface area contributed by atoms with Crippen molar-refractivity contribution in [2.24, 2.45) is 5.29 Å². The van der Waals surface area contributed by atoms with Crippen molar-refractivity contribution in [1.29, 1.82) is 0 Å². The molecule has 0 heterocycles. The second kappa shape index (κ2) is 4.03. The summed E-state index contributed by atoms with van der Waals surface area (Å²) in [5.41, 5.74) is 2.09. The molecule has 13 heavy (non-hydrogen) atoms. The molecular weight excluding hydrogens is 164 g/mol. The zero-order valence-electron chi connectivity index (χ0n) is 8.19. The fourth-order valence-corrected chi connectivity index (χ4v) is 1.12. The van der Waals surface area contributed by atoms with Gasteiger partial charge in [-0.25, -0.2) is 5.01 Å². The normalized spacial score (nSPS) is 10.2. The van der Waals surface area contributed by atoms with E-state index in [2.05, 4.69) is 19.1 Å². The van der Waals surface area contributed by atoms with E-state index in [0.717, 1.165) is 5.69 Å². The average Bonchev–Trinajstić information content (AvgIpc) is 2.17. The molecule has 0 amide bonds. The zero-order valence-corrected chi connectivity index (χ0v) is 8.19. The minimum Gasteiger partial charge on any atom is -0.232 e. The summed E-state index contributed by atoms with van der Waals surface area (Å²) in [6.07, 6.45) is 0. The number of nitrogens with zero attached hydrogens (tertiary/aromatic N) is 2. The fraction of sp³-hybridized carbons (Fsp3) is 0.400. The van der Waals surface area contributed by atoms with E-state index in [4.69, 9.17) is 0 Å². The van der Waals surface area contributed by atoms with Gasteiger partial charge < -0.3 is 0 Å². The summed E-state index contributed by atoms with van der Waals surface area (Å²) in [5.74, 6) is 0.517. The van der Waals surface area contributed by atoms with E-state index in [-0.39, 0.29) is 0 Å². The zero-order chi connectivity index (χ0) is 9.84. The highest BCUT2D eigenvalue weighted by Gasteiger charge is 2.01. The average molecular weight is 178 g/mol. The predicted octanol–water partition coefficient (Wildman–Crippen LogP) is 2.93. The first kappa shape index (κ1) is 9.71. The van der Waals surface area contributed by atoms with Crippen molar-refractivity contribution in [1.82, 2.24) is 0 Å². The van der Waals surface area contributed by atoms with E-state index in [0.29, 0.717) is 5.92 Å². The van der Waals surface area contributed by atoms with Crippen LogP contribution in [0.3, 0.4) is 0 Å². The summed E-state index contributed by atoms with van der Waals surface area (Å²) in [5, 5.41) is 4.13. The standard InChI is InChI=1S/C10H14N2O/c1-8(2)9-4-6-10(7-5-9)12(3)11-13/h4-8H,1-3H3. The molecular formula is C10H14N2O. The van der Waals surface area contributed by atoms with Crippen LogP contribution in [-0.4, -0.2) is 7.05 Å². The summed E-state index contributed by atoms with van der Waals surface area (Å²) >= 11 is 0. The Morgan fingerprint density at radius 1 is 1.23 bits per heavy atom. The maximum atomic E-state index is 10.2. The molecule has 0 aliphatic heterocycles. The van der Waals surface area contributed by atoms with Gasteiger partial charge in [0.2, 0.25) is 0 Å². The summed E-state index contributed by atoms with van der Waals surface area (Å²) in [6, 6.07) is 7.83. The molecule has 0 spiro atoms. The van der Waals surface area contributed by atoms with E-state index in [9.17, 15) is 4.91 Å². The maximum absolute atomic E-state index is 10.2. The van der Waals surface area contributed by atoms with Gasteiger partial charge in [-0.1, -0.05) is 26.0 Å². The minimum absolute atomic E-state index is 0.517. The van der Waals surface area contributed by atoms with Crippen LogP contribution in [0.15, 0.2) is 29.6 Å². The van der Waals surface area contributed by atoms with Crippen LogP contribution >= 0.6 is 0 Å². The molecule has 0 atom stereocenters. The van der Waals surface area contributed by atoms with Crippen LogP contribution in [0.5, 0.6) is 0 Å². The van der Waals surface area contributed by atoms with Crippen molar-refractivity contribution in [3.8, 4) is 0 Å². The van der Waals surface area contributed by atoms with Gasteiger partial charge in [0.1, 0.15) is 0 Å². The Bertz CT molecular complexity index is 279. The molecule has 0 fully saturated rings. The Morgan fingerprint density at radius 3 is 2.15 bits per heavy atom. The van der Waals surface area contributed by atoms with Crippen molar-refractivity contribution < 1.29 is 0 Å². The van der Waals surface area contributed by atoms with Crippen LogP contribution in [0, 0.1) is 4.91 Å². The molecule has 0 saturated heterocycles. The second-order valence-corrected chi connectivity index (χ2v) is 3.35. The number of anilines is 1. The van der Waals surface area contributed by atoms with E-state index < -0.39 is 0 Å². The Kier molecular flexibility index (Phi) is 3.01. The first-order chi connectivity index (χ1) is 6.15. The molecule has 0 aliphatic carbocycles. The lowest BCUT2D eigenvalue weighted by Crippen LogP contribution is -2.06. The van der Waals surface area contributed by atoms with Crippen LogP contribution in [0.4, 0.5) is 5.69 Å². The molecule has 0 aliphatic rings. The molecule has 1 aromatic rings. The fourth-order valence-electron chi connectivity index (χ4n) is 1.12. The number of hydrogen-bond acceptors (Lipinski definition) is 2. The molecule has 1 aromatic carbocycles. The monoisotopic (exact) mass is 178 g/mol. The highest BCUT2D eigenvalue weighted by molar-refractivity contribution is 5.46. The van der Waals surface area contributed by atoms with Crippen LogP contribution in [-0.2, 0) is 0 Å².